The Bertz CT molecular complexity index is 363. The number of carbonyl (C=O) groups excluding carboxylic acids is 2. The second-order valence-electron chi connectivity index (χ2n) is 5.09. The number of carbonyl (C=O) groups is 3. The van der Waals surface area contributed by atoms with Crippen LogP contribution in [0.2, 0.25) is 0 Å². The molecule has 0 aromatic carbocycles. The summed E-state index contributed by atoms with van der Waals surface area (Å²) >= 11 is 0. The Balaban J connectivity index is 2.79. The van der Waals surface area contributed by atoms with Gasteiger partial charge in [-0.05, 0) is 12.8 Å². The number of hydrogen-bond donors (Lipinski definition) is 1. The Morgan fingerprint density at radius 2 is 2.11 bits per heavy atom. The summed E-state index contributed by atoms with van der Waals surface area (Å²) in [6.45, 7) is 5.40. The molecule has 0 spiro atoms. The van der Waals surface area contributed by atoms with Crippen molar-refractivity contribution < 1.29 is 24.2 Å². The van der Waals surface area contributed by atoms with Gasteiger partial charge in [0, 0.05) is 5.41 Å². The van der Waals surface area contributed by atoms with Crippen molar-refractivity contribution in [3.8, 4) is 0 Å². The van der Waals surface area contributed by atoms with Crippen molar-refractivity contribution in [3.63, 3.8) is 0 Å². The van der Waals surface area contributed by atoms with Crippen LogP contribution in [0.3, 0.4) is 0 Å². The van der Waals surface area contributed by atoms with E-state index in [1.165, 1.54) is 0 Å². The smallest absolute Gasteiger partial charge is 0.417 e. The predicted octanol–water partition coefficient (Wildman–Crippen LogP) is 1.63. The van der Waals surface area contributed by atoms with Gasteiger partial charge in [0.25, 0.3) is 0 Å². The molecule has 1 N–H and O–H groups in total. The van der Waals surface area contributed by atoms with Gasteiger partial charge in [0.2, 0.25) is 5.91 Å². The Morgan fingerprint density at radius 3 is 2.61 bits per heavy atom. The number of rotatable bonds is 4. The average molecular weight is 257 g/mol. The molecule has 0 bridgehead atoms. The summed E-state index contributed by atoms with van der Waals surface area (Å²) in [7, 11) is 0. The van der Waals surface area contributed by atoms with Crippen LogP contribution < -0.4 is 0 Å². The molecule has 2 amide bonds. The van der Waals surface area contributed by atoms with E-state index < -0.39 is 29.4 Å². The first-order valence-corrected chi connectivity index (χ1v) is 6.04. The Morgan fingerprint density at radius 1 is 1.50 bits per heavy atom. The Kier molecular flexibility index (Phi) is 4.32. The molecule has 1 rings (SSSR count). The zero-order valence-corrected chi connectivity index (χ0v) is 10.9. The van der Waals surface area contributed by atoms with Gasteiger partial charge >= 0.3 is 12.1 Å². The lowest BCUT2D eigenvalue weighted by Gasteiger charge is -2.19. The van der Waals surface area contributed by atoms with Gasteiger partial charge in [0.1, 0.15) is 6.04 Å². The topological polar surface area (TPSA) is 83.9 Å². The maximum atomic E-state index is 12.0. The minimum atomic E-state index is -1.18. The van der Waals surface area contributed by atoms with Crippen molar-refractivity contribution in [1.82, 2.24) is 4.90 Å². The molecule has 1 atom stereocenters. The van der Waals surface area contributed by atoms with Crippen LogP contribution in [0, 0.1) is 5.41 Å². The molecule has 0 saturated carbocycles. The summed E-state index contributed by atoms with van der Waals surface area (Å²) in [5.74, 6) is -1.67. The van der Waals surface area contributed by atoms with E-state index in [0.29, 0.717) is 6.42 Å². The lowest BCUT2D eigenvalue weighted by atomic mass is 9.90. The van der Waals surface area contributed by atoms with Crippen LogP contribution in [-0.2, 0) is 14.3 Å². The molecule has 18 heavy (non-hydrogen) atoms. The van der Waals surface area contributed by atoms with E-state index in [4.69, 9.17) is 9.84 Å². The van der Waals surface area contributed by atoms with Crippen molar-refractivity contribution in [2.45, 2.75) is 46.1 Å². The van der Waals surface area contributed by atoms with Crippen LogP contribution >= 0.6 is 0 Å². The number of likely N-dealkylation sites (tertiary alicyclic amines) is 1. The SMILES string of the molecule is CCCCOC(=O)N1C(=O)C(C)(C)CC1C(=O)O. The van der Waals surface area contributed by atoms with Gasteiger partial charge in [-0.1, -0.05) is 27.2 Å². The van der Waals surface area contributed by atoms with Gasteiger partial charge in [-0.25, -0.2) is 14.5 Å². The van der Waals surface area contributed by atoms with Crippen molar-refractivity contribution >= 4 is 18.0 Å². The average Bonchev–Trinajstić information content (AvgIpc) is 2.51. The van der Waals surface area contributed by atoms with E-state index in [2.05, 4.69) is 0 Å². The number of carboxylic acid groups (broad SMARTS) is 1. The third kappa shape index (κ3) is 2.80. The summed E-state index contributed by atoms with van der Waals surface area (Å²) in [5.41, 5.74) is -0.840. The fourth-order valence-corrected chi connectivity index (χ4v) is 1.91. The zero-order valence-electron chi connectivity index (χ0n) is 10.9. The first-order valence-electron chi connectivity index (χ1n) is 6.04. The van der Waals surface area contributed by atoms with Crippen molar-refractivity contribution in [2.75, 3.05) is 6.61 Å². The van der Waals surface area contributed by atoms with E-state index in [1.807, 2.05) is 6.92 Å². The van der Waals surface area contributed by atoms with Crippen molar-refractivity contribution in [1.29, 1.82) is 0 Å². The minimum absolute atomic E-state index is 0.115. The van der Waals surface area contributed by atoms with E-state index >= 15 is 0 Å². The van der Waals surface area contributed by atoms with E-state index in [0.717, 1.165) is 11.3 Å². The molecule has 1 unspecified atom stereocenters. The number of amides is 2. The second kappa shape index (κ2) is 5.37. The normalized spacial score (nSPS) is 22.1. The number of hydrogen-bond acceptors (Lipinski definition) is 4. The number of aliphatic carboxylic acids is 1. The summed E-state index contributed by atoms with van der Waals surface area (Å²) in [5, 5.41) is 9.05. The van der Waals surface area contributed by atoms with Gasteiger partial charge in [0.15, 0.2) is 0 Å². The van der Waals surface area contributed by atoms with Gasteiger partial charge in [-0.3, -0.25) is 4.79 Å². The third-order valence-corrected chi connectivity index (χ3v) is 3.02. The predicted molar refractivity (Wildman–Crippen MR) is 62.9 cm³/mol. The fourth-order valence-electron chi connectivity index (χ4n) is 1.91. The highest BCUT2D eigenvalue weighted by Gasteiger charge is 2.51. The second-order valence-corrected chi connectivity index (χ2v) is 5.09. The molecule has 1 fully saturated rings. The van der Waals surface area contributed by atoms with Gasteiger partial charge < -0.3 is 9.84 Å². The summed E-state index contributed by atoms with van der Waals surface area (Å²) in [6.07, 6.45) is 0.806. The first kappa shape index (κ1) is 14.5. The Hall–Kier alpha value is -1.59. The first-order chi connectivity index (χ1) is 8.31. The van der Waals surface area contributed by atoms with Gasteiger partial charge in [-0.2, -0.15) is 0 Å². The molecular formula is C12H19NO5. The summed E-state index contributed by atoms with van der Waals surface area (Å²) < 4.78 is 4.91. The molecule has 1 heterocycles. The highest BCUT2D eigenvalue weighted by Crippen LogP contribution is 2.35. The molecule has 1 aliphatic heterocycles. The van der Waals surface area contributed by atoms with Crippen molar-refractivity contribution in [3.05, 3.63) is 0 Å². The number of carboxylic acids is 1. The monoisotopic (exact) mass is 257 g/mol. The molecule has 6 heteroatoms. The minimum Gasteiger partial charge on any atom is -0.480 e. The molecule has 1 saturated heterocycles. The number of ether oxygens (including phenoxy) is 1. The maximum absolute atomic E-state index is 12.0. The summed E-state index contributed by atoms with van der Waals surface area (Å²) in [4.78, 5) is 35.5. The standard InChI is InChI=1S/C12H19NO5/c1-4-5-6-18-11(17)13-8(9(14)15)7-12(2,3)10(13)16/h8H,4-7H2,1-3H3,(H,14,15). The van der Waals surface area contributed by atoms with E-state index in [9.17, 15) is 14.4 Å². The van der Waals surface area contributed by atoms with Crippen LogP contribution in [-0.4, -0.2) is 40.6 Å². The fraction of sp³-hybridized carbons (Fsp3) is 0.750. The number of unbranched alkanes of at least 4 members (excludes halogenated alkanes) is 1. The number of imide groups is 1. The van der Waals surface area contributed by atoms with Crippen molar-refractivity contribution in [2.24, 2.45) is 5.41 Å². The molecule has 6 nitrogen and oxygen atoms in total. The van der Waals surface area contributed by atoms with Crippen LogP contribution in [0.1, 0.15) is 40.0 Å². The van der Waals surface area contributed by atoms with Gasteiger partial charge in [-0.15, -0.1) is 0 Å². The molecule has 0 aromatic rings. The summed E-state index contributed by atoms with van der Waals surface area (Å²) in [6, 6.07) is -1.12. The van der Waals surface area contributed by atoms with E-state index in [-0.39, 0.29) is 13.0 Å². The van der Waals surface area contributed by atoms with Gasteiger partial charge in [0.05, 0.1) is 6.61 Å². The largest absolute Gasteiger partial charge is 0.480 e. The molecule has 1 aliphatic rings. The van der Waals surface area contributed by atoms with Crippen LogP contribution in [0.4, 0.5) is 4.79 Å². The molecule has 0 aromatic heterocycles. The van der Waals surface area contributed by atoms with Crippen LogP contribution in [0.25, 0.3) is 0 Å². The molecule has 0 aliphatic carbocycles. The van der Waals surface area contributed by atoms with Crippen LogP contribution in [0.5, 0.6) is 0 Å². The molecule has 0 radical (unpaired) electrons. The lowest BCUT2D eigenvalue weighted by Crippen LogP contribution is -2.44. The molecular weight excluding hydrogens is 238 g/mol. The highest BCUT2D eigenvalue weighted by molar-refractivity contribution is 6.01. The third-order valence-electron chi connectivity index (χ3n) is 3.02. The highest BCUT2D eigenvalue weighted by atomic mass is 16.6. The quantitative estimate of drug-likeness (QED) is 0.774. The maximum Gasteiger partial charge on any atom is 0.417 e. The zero-order chi connectivity index (χ0) is 13.9. The van der Waals surface area contributed by atoms with Crippen LogP contribution in [0.15, 0.2) is 0 Å². The van der Waals surface area contributed by atoms with E-state index in [1.54, 1.807) is 13.8 Å². The molecule has 102 valence electrons. The number of nitrogens with zero attached hydrogens (tertiary/aromatic N) is 1. The lowest BCUT2D eigenvalue weighted by molar-refractivity contribution is -0.145. The Labute approximate surface area is 106 Å².